The van der Waals surface area contributed by atoms with Crippen molar-refractivity contribution in [3.05, 3.63) is 46.9 Å². The van der Waals surface area contributed by atoms with Gasteiger partial charge in [0.25, 0.3) is 0 Å². The average molecular weight is 409 g/mol. The molecule has 10 heteroatoms. The molecule has 1 aliphatic rings. The maximum Gasteiger partial charge on any atom is 0.416 e. The molecule has 0 atom stereocenters. The summed E-state index contributed by atoms with van der Waals surface area (Å²) >= 11 is 0. The smallest absolute Gasteiger partial charge is 0.393 e. The first kappa shape index (κ1) is 20.8. The molecule has 0 bridgehead atoms. The molecule has 1 fully saturated rings. The molecule has 1 aromatic carbocycles. The lowest BCUT2D eigenvalue weighted by atomic mass is 9.93. The normalized spacial score (nSPS) is 19.4. The summed E-state index contributed by atoms with van der Waals surface area (Å²) in [4.78, 5) is 8.14. The summed E-state index contributed by atoms with van der Waals surface area (Å²) < 4.78 is 52.8. The van der Waals surface area contributed by atoms with Crippen molar-refractivity contribution in [1.82, 2.24) is 9.97 Å². The first-order valence-corrected chi connectivity index (χ1v) is 9.07. The fourth-order valence-electron chi connectivity index (χ4n) is 3.23. The fourth-order valence-corrected chi connectivity index (χ4v) is 3.23. The van der Waals surface area contributed by atoms with Crippen molar-refractivity contribution in [1.29, 1.82) is 5.26 Å². The topological polar surface area (TPSA) is 93.9 Å². The lowest BCUT2D eigenvalue weighted by molar-refractivity contribution is -0.138. The number of hydrogen-bond acceptors (Lipinski definition) is 6. The van der Waals surface area contributed by atoms with E-state index < -0.39 is 17.6 Å². The number of nitrogens with one attached hydrogen (secondary N) is 2. The highest BCUT2D eigenvalue weighted by Gasteiger charge is 2.33. The molecular weight excluding hydrogens is 390 g/mol. The number of aliphatic hydroxyl groups is 1. The Bertz CT molecular complexity index is 904. The third-order valence-electron chi connectivity index (χ3n) is 4.76. The van der Waals surface area contributed by atoms with Gasteiger partial charge in [-0.05, 0) is 49.4 Å². The van der Waals surface area contributed by atoms with Gasteiger partial charge in [0.2, 0.25) is 5.95 Å². The molecule has 2 aromatic rings. The highest BCUT2D eigenvalue weighted by molar-refractivity contribution is 5.54. The van der Waals surface area contributed by atoms with E-state index in [0.29, 0.717) is 31.7 Å². The Labute approximate surface area is 164 Å². The Morgan fingerprint density at radius 2 is 1.93 bits per heavy atom. The summed E-state index contributed by atoms with van der Waals surface area (Å²) in [6.45, 7) is -0.340. The largest absolute Gasteiger partial charge is 0.416 e. The Kier molecular flexibility index (Phi) is 6.17. The predicted molar refractivity (Wildman–Crippen MR) is 97.4 cm³/mol. The van der Waals surface area contributed by atoms with Crippen molar-refractivity contribution in [2.24, 2.45) is 0 Å². The van der Waals surface area contributed by atoms with Crippen molar-refractivity contribution in [2.45, 2.75) is 50.6 Å². The Morgan fingerprint density at radius 1 is 1.21 bits per heavy atom. The van der Waals surface area contributed by atoms with Gasteiger partial charge in [0, 0.05) is 12.6 Å². The van der Waals surface area contributed by atoms with Gasteiger partial charge in [-0.1, -0.05) is 0 Å². The molecule has 3 N–H and O–H groups in total. The predicted octanol–water partition coefficient (Wildman–Crippen LogP) is 3.83. The molecule has 1 aliphatic carbocycles. The second-order valence-corrected chi connectivity index (χ2v) is 6.87. The first-order chi connectivity index (χ1) is 13.8. The van der Waals surface area contributed by atoms with E-state index in [1.54, 1.807) is 0 Å². The van der Waals surface area contributed by atoms with E-state index in [-0.39, 0.29) is 41.6 Å². The van der Waals surface area contributed by atoms with Gasteiger partial charge in [-0.2, -0.15) is 23.4 Å². The number of rotatable bonds is 5. The summed E-state index contributed by atoms with van der Waals surface area (Å²) in [6.07, 6.45) is -1.00. The number of anilines is 2. The van der Waals surface area contributed by atoms with Crippen LogP contribution in [0.15, 0.2) is 24.4 Å². The summed E-state index contributed by atoms with van der Waals surface area (Å²) in [5.74, 6) is -0.501. The van der Waals surface area contributed by atoms with E-state index >= 15 is 0 Å². The highest BCUT2D eigenvalue weighted by Crippen LogP contribution is 2.32. The van der Waals surface area contributed by atoms with E-state index in [2.05, 4.69) is 20.6 Å². The Morgan fingerprint density at radius 3 is 2.59 bits per heavy atom. The molecular formula is C19H19F4N5O. The molecule has 0 unspecified atom stereocenters. The summed E-state index contributed by atoms with van der Waals surface area (Å²) in [7, 11) is 0. The first-order valence-electron chi connectivity index (χ1n) is 9.07. The van der Waals surface area contributed by atoms with Gasteiger partial charge in [-0.3, -0.25) is 0 Å². The SMILES string of the molecule is N#Cc1cnc(NCc2cc(F)ccc2C(F)(F)F)nc1N[C@H]1CC[C@@H](O)CC1. The molecule has 6 nitrogen and oxygen atoms in total. The molecule has 0 spiro atoms. The zero-order chi connectivity index (χ0) is 21.0. The van der Waals surface area contributed by atoms with Crippen molar-refractivity contribution in [2.75, 3.05) is 10.6 Å². The fraction of sp³-hybridized carbons (Fsp3) is 0.421. The molecule has 0 amide bonds. The number of benzene rings is 1. The minimum atomic E-state index is -4.62. The summed E-state index contributed by atoms with van der Waals surface area (Å²) in [5, 5.41) is 24.6. The van der Waals surface area contributed by atoms with E-state index in [4.69, 9.17) is 0 Å². The van der Waals surface area contributed by atoms with Crippen LogP contribution < -0.4 is 10.6 Å². The van der Waals surface area contributed by atoms with Gasteiger partial charge >= 0.3 is 6.18 Å². The molecule has 29 heavy (non-hydrogen) atoms. The van der Waals surface area contributed by atoms with Crippen molar-refractivity contribution in [3.63, 3.8) is 0 Å². The van der Waals surface area contributed by atoms with Gasteiger partial charge < -0.3 is 15.7 Å². The Balaban J connectivity index is 1.76. The molecule has 1 aromatic heterocycles. The van der Waals surface area contributed by atoms with E-state index in [1.807, 2.05) is 6.07 Å². The van der Waals surface area contributed by atoms with Crippen LogP contribution in [-0.2, 0) is 12.7 Å². The van der Waals surface area contributed by atoms with Crippen LogP contribution in [0.1, 0.15) is 42.4 Å². The molecule has 1 heterocycles. The van der Waals surface area contributed by atoms with E-state index in [9.17, 15) is 27.9 Å². The van der Waals surface area contributed by atoms with Crippen LogP contribution in [0.25, 0.3) is 0 Å². The maximum absolute atomic E-state index is 13.4. The molecule has 3 rings (SSSR count). The van der Waals surface area contributed by atoms with E-state index in [1.165, 1.54) is 6.20 Å². The average Bonchev–Trinajstić information content (AvgIpc) is 2.67. The van der Waals surface area contributed by atoms with E-state index in [0.717, 1.165) is 12.1 Å². The van der Waals surface area contributed by atoms with Crippen LogP contribution in [0.5, 0.6) is 0 Å². The van der Waals surface area contributed by atoms with Gasteiger partial charge in [0.05, 0.1) is 17.9 Å². The highest BCUT2D eigenvalue weighted by atomic mass is 19.4. The van der Waals surface area contributed by atoms with Crippen molar-refractivity contribution in [3.8, 4) is 6.07 Å². The van der Waals surface area contributed by atoms with Crippen molar-refractivity contribution < 1.29 is 22.7 Å². The van der Waals surface area contributed by atoms with Gasteiger partial charge in [-0.25, -0.2) is 9.37 Å². The third-order valence-corrected chi connectivity index (χ3v) is 4.76. The number of alkyl halides is 3. The second kappa shape index (κ2) is 8.61. The molecule has 154 valence electrons. The summed E-state index contributed by atoms with van der Waals surface area (Å²) in [6, 6.07) is 4.25. The third kappa shape index (κ3) is 5.32. The standard InChI is InChI=1S/C19H19F4N5O/c20-13-1-6-16(19(21,22)23)11(7-13)9-25-18-26-10-12(8-24)17(28-18)27-14-2-4-15(29)5-3-14/h1,6-7,10,14-15,29H,2-5,9H2,(H2,25,26,27,28)/t14-,15+. The number of nitriles is 1. The molecule has 0 aliphatic heterocycles. The zero-order valence-electron chi connectivity index (χ0n) is 15.3. The Hall–Kier alpha value is -2.93. The van der Waals surface area contributed by atoms with Crippen LogP contribution >= 0.6 is 0 Å². The zero-order valence-corrected chi connectivity index (χ0v) is 15.3. The quantitative estimate of drug-likeness (QED) is 0.650. The minimum absolute atomic E-state index is 0.0136. The van der Waals surface area contributed by atoms with Crippen LogP contribution in [0.2, 0.25) is 0 Å². The number of nitrogens with zero attached hydrogens (tertiary/aromatic N) is 3. The molecule has 0 saturated heterocycles. The summed E-state index contributed by atoms with van der Waals surface area (Å²) in [5.41, 5.74) is -1.02. The monoisotopic (exact) mass is 409 g/mol. The number of aliphatic hydroxyl groups excluding tert-OH is 1. The number of hydrogen-bond donors (Lipinski definition) is 3. The lowest BCUT2D eigenvalue weighted by Crippen LogP contribution is -2.29. The van der Waals surface area contributed by atoms with Gasteiger partial charge in [-0.15, -0.1) is 0 Å². The molecule has 0 radical (unpaired) electrons. The number of aromatic nitrogens is 2. The van der Waals surface area contributed by atoms with Crippen molar-refractivity contribution >= 4 is 11.8 Å². The maximum atomic E-state index is 13.4. The lowest BCUT2D eigenvalue weighted by Gasteiger charge is -2.26. The number of halogens is 4. The van der Waals surface area contributed by atoms with Gasteiger partial charge in [0.15, 0.2) is 0 Å². The second-order valence-electron chi connectivity index (χ2n) is 6.87. The van der Waals surface area contributed by atoms with Gasteiger partial charge in [0.1, 0.15) is 23.3 Å². The van der Waals surface area contributed by atoms with Crippen LogP contribution in [-0.4, -0.2) is 27.2 Å². The molecule has 1 saturated carbocycles. The van der Waals surface area contributed by atoms with Crippen LogP contribution in [0.4, 0.5) is 29.3 Å². The van der Waals surface area contributed by atoms with Crippen LogP contribution in [0.3, 0.4) is 0 Å². The van der Waals surface area contributed by atoms with Crippen LogP contribution in [0, 0.1) is 17.1 Å². The minimum Gasteiger partial charge on any atom is -0.393 e.